The Morgan fingerprint density at radius 3 is 0.739 bits per heavy atom. The molecule has 0 spiro atoms. The molecule has 69 heavy (non-hydrogen) atoms. The topological polar surface area (TPSA) is 78.9 Å². The zero-order valence-corrected chi connectivity index (χ0v) is 46.9. The number of allylic oxidation sites excluding steroid dienone is 2. The van der Waals surface area contributed by atoms with Crippen LogP contribution in [0.4, 0.5) is 0 Å². The second kappa shape index (κ2) is 58.7. The summed E-state index contributed by atoms with van der Waals surface area (Å²) in [4.78, 5) is 38.2. The molecule has 0 aliphatic carbocycles. The SMILES string of the molecule is CCCCCC/C=C\CCCCCCCC(=O)OC[C@H](COC(=O)CCCCCCCCCCCCCCCCCCCCCCC)OC(=O)CCCCCCCCCCCCCCCCCCC. The molecule has 0 radical (unpaired) electrons. The fourth-order valence-electron chi connectivity index (χ4n) is 9.56. The lowest BCUT2D eigenvalue weighted by Gasteiger charge is -2.18. The number of unbranched alkanes of at least 4 members (excludes halogenated alkanes) is 45. The fourth-order valence-corrected chi connectivity index (χ4v) is 9.56. The van der Waals surface area contributed by atoms with Gasteiger partial charge in [-0.05, 0) is 44.9 Å². The van der Waals surface area contributed by atoms with E-state index in [4.69, 9.17) is 14.2 Å². The second-order valence-electron chi connectivity index (χ2n) is 21.3. The molecule has 408 valence electrons. The van der Waals surface area contributed by atoms with Crippen LogP contribution >= 0.6 is 0 Å². The van der Waals surface area contributed by atoms with Crippen molar-refractivity contribution in [3.05, 3.63) is 12.2 Å². The molecule has 0 aromatic carbocycles. The lowest BCUT2D eigenvalue weighted by molar-refractivity contribution is -0.167. The molecule has 0 N–H and O–H groups in total. The predicted octanol–water partition coefficient (Wildman–Crippen LogP) is 20.9. The Balaban J connectivity index is 4.26. The molecule has 0 aromatic rings. The van der Waals surface area contributed by atoms with E-state index < -0.39 is 6.10 Å². The third-order valence-corrected chi connectivity index (χ3v) is 14.3. The van der Waals surface area contributed by atoms with Crippen LogP contribution in [0.15, 0.2) is 12.2 Å². The van der Waals surface area contributed by atoms with Gasteiger partial charge in [0.1, 0.15) is 13.2 Å². The van der Waals surface area contributed by atoms with Gasteiger partial charge in [-0.15, -0.1) is 0 Å². The smallest absolute Gasteiger partial charge is 0.306 e. The number of carbonyl (C=O) groups is 3. The Bertz CT molecular complexity index is 1070. The molecule has 0 aromatic heterocycles. The van der Waals surface area contributed by atoms with Crippen LogP contribution < -0.4 is 0 Å². The highest BCUT2D eigenvalue weighted by atomic mass is 16.6. The highest BCUT2D eigenvalue weighted by molar-refractivity contribution is 5.71. The minimum absolute atomic E-state index is 0.0661. The molecule has 6 nitrogen and oxygen atoms in total. The van der Waals surface area contributed by atoms with Gasteiger partial charge in [-0.2, -0.15) is 0 Å². The molecule has 6 heteroatoms. The number of esters is 3. The standard InChI is InChI=1S/C63H120O6/c1-4-7-10-13-16-19-22-25-27-29-30-31-32-34-35-38-41-44-47-50-53-56-62(65)68-59-60(58-67-61(64)55-52-49-46-43-40-37-24-21-18-15-12-9-6-3)69-63(66)57-54-51-48-45-42-39-36-33-28-26-23-20-17-14-11-8-5-2/h21,24,60H,4-20,22-23,25-59H2,1-3H3/b24-21-/t60-/m1/s1. The van der Waals surface area contributed by atoms with Gasteiger partial charge in [0.15, 0.2) is 6.10 Å². The van der Waals surface area contributed by atoms with Gasteiger partial charge < -0.3 is 14.2 Å². The summed E-state index contributed by atoms with van der Waals surface area (Å²) in [5.74, 6) is -0.847. The molecule has 0 saturated carbocycles. The van der Waals surface area contributed by atoms with Crippen LogP contribution in [0, 0.1) is 0 Å². The van der Waals surface area contributed by atoms with Gasteiger partial charge in [-0.1, -0.05) is 303 Å². The lowest BCUT2D eigenvalue weighted by Crippen LogP contribution is -2.30. The van der Waals surface area contributed by atoms with E-state index in [1.165, 1.54) is 250 Å². The van der Waals surface area contributed by atoms with Crippen molar-refractivity contribution in [1.82, 2.24) is 0 Å². The Morgan fingerprint density at radius 1 is 0.275 bits per heavy atom. The van der Waals surface area contributed by atoms with E-state index in [9.17, 15) is 14.4 Å². The number of carbonyl (C=O) groups excluding carboxylic acids is 3. The van der Waals surface area contributed by atoms with Crippen LogP contribution in [0.5, 0.6) is 0 Å². The third-order valence-electron chi connectivity index (χ3n) is 14.3. The maximum Gasteiger partial charge on any atom is 0.306 e. The third kappa shape index (κ3) is 56.9. The summed E-state index contributed by atoms with van der Waals surface area (Å²) in [5, 5.41) is 0. The van der Waals surface area contributed by atoms with E-state index in [1.807, 2.05) is 0 Å². The Morgan fingerprint density at radius 2 is 0.478 bits per heavy atom. The predicted molar refractivity (Wildman–Crippen MR) is 298 cm³/mol. The van der Waals surface area contributed by atoms with Gasteiger partial charge in [-0.3, -0.25) is 14.4 Å². The number of hydrogen-bond donors (Lipinski definition) is 0. The van der Waals surface area contributed by atoms with Crippen molar-refractivity contribution in [2.24, 2.45) is 0 Å². The van der Waals surface area contributed by atoms with Gasteiger partial charge in [0.2, 0.25) is 0 Å². The van der Waals surface area contributed by atoms with Crippen LogP contribution in [0.25, 0.3) is 0 Å². The molecular weight excluding hydrogens is 853 g/mol. The molecule has 0 rings (SSSR count). The monoisotopic (exact) mass is 973 g/mol. The highest BCUT2D eigenvalue weighted by Crippen LogP contribution is 2.18. The summed E-state index contributed by atoms with van der Waals surface area (Å²) in [5.41, 5.74) is 0. The molecule has 0 unspecified atom stereocenters. The van der Waals surface area contributed by atoms with Gasteiger partial charge in [-0.25, -0.2) is 0 Å². The van der Waals surface area contributed by atoms with Gasteiger partial charge in [0, 0.05) is 19.3 Å². The Hall–Kier alpha value is -1.85. The summed E-state index contributed by atoms with van der Waals surface area (Å²) >= 11 is 0. The van der Waals surface area contributed by atoms with Crippen molar-refractivity contribution in [3.63, 3.8) is 0 Å². The number of ether oxygens (including phenoxy) is 3. The molecule has 0 aliphatic heterocycles. The normalized spacial score (nSPS) is 12.0. The van der Waals surface area contributed by atoms with Crippen molar-refractivity contribution >= 4 is 17.9 Å². The van der Waals surface area contributed by atoms with E-state index in [1.54, 1.807) is 0 Å². The minimum Gasteiger partial charge on any atom is -0.462 e. The maximum atomic E-state index is 12.9. The van der Waals surface area contributed by atoms with Crippen LogP contribution in [0.1, 0.15) is 355 Å². The zero-order valence-electron chi connectivity index (χ0n) is 46.9. The highest BCUT2D eigenvalue weighted by Gasteiger charge is 2.19. The molecule has 0 fully saturated rings. The van der Waals surface area contributed by atoms with Gasteiger partial charge in [0.05, 0.1) is 0 Å². The van der Waals surface area contributed by atoms with Crippen LogP contribution in [0.3, 0.4) is 0 Å². The van der Waals surface area contributed by atoms with E-state index in [0.717, 1.165) is 64.2 Å². The summed E-state index contributed by atoms with van der Waals surface area (Å²) < 4.78 is 16.9. The molecule has 0 aliphatic rings. The maximum absolute atomic E-state index is 12.9. The van der Waals surface area contributed by atoms with Crippen LogP contribution in [-0.4, -0.2) is 37.2 Å². The van der Waals surface area contributed by atoms with Crippen molar-refractivity contribution in [2.45, 2.75) is 361 Å². The van der Waals surface area contributed by atoms with E-state index in [2.05, 4.69) is 32.9 Å². The Kier molecular flexibility index (Phi) is 57.1. The minimum atomic E-state index is -0.768. The van der Waals surface area contributed by atoms with Crippen LogP contribution in [0.2, 0.25) is 0 Å². The molecule has 0 bridgehead atoms. The van der Waals surface area contributed by atoms with Crippen molar-refractivity contribution in [1.29, 1.82) is 0 Å². The summed E-state index contributed by atoms with van der Waals surface area (Å²) in [6.45, 7) is 6.69. The molecular formula is C63H120O6. The first-order valence-electron chi connectivity index (χ1n) is 31.2. The second-order valence-corrected chi connectivity index (χ2v) is 21.3. The zero-order chi connectivity index (χ0) is 50.0. The lowest BCUT2D eigenvalue weighted by atomic mass is 10.0. The first kappa shape index (κ1) is 67.1. The van der Waals surface area contributed by atoms with E-state index in [-0.39, 0.29) is 31.1 Å². The van der Waals surface area contributed by atoms with E-state index >= 15 is 0 Å². The average molecular weight is 974 g/mol. The summed E-state index contributed by atoms with van der Waals surface area (Å²) in [6, 6.07) is 0. The molecule has 0 saturated heterocycles. The summed E-state index contributed by atoms with van der Waals surface area (Å²) in [7, 11) is 0. The quantitative estimate of drug-likeness (QED) is 0.0261. The van der Waals surface area contributed by atoms with Crippen LogP contribution in [-0.2, 0) is 28.6 Å². The number of rotatable bonds is 58. The average Bonchev–Trinajstić information content (AvgIpc) is 3.35. The van der Waals surface area contributed by atoms with Crippen molar-refractivity contribution in [2.75, 3.05) is 13.2 Å². The summed E-state index contributed by atoms with van der Waals surface area (Å²) in [6.07, 6.45) is 67.9. The van der Waals surface area contributed by atoms with Gasteiger partial charge >= 0.3 is 17.9 Å². The number of hydrogen-bond acceptors (Lipinski definition) is 6. The molecule has 0 heterocycles. The molecule has 1 atom stereocenters. The largest absolute Gasteiger partial charge is 0.462 e. The Labute approximate surface area is 431 Å². The fraction of sp³-hybridized carbons (Fsp3) is 0.921. The first-order chi connectivity index (χ1) is 34.0. The van der Waals surface area contributed by atoms with Gasteiger partial charge in [0.25, 0.3) is 0 Å². The molecule has 0 amide bonds. The first-order valence-corrected chi connectivity index (χ1v) is 31.2. The van der Waals surface area contributed by atoms with Crippen molar-refractivity contribution < 1.29 is 28.6 Å². The van der Waals surface area contributed by atoms with E-state index in [0.29, 0.717) is 19.3 Å². The van der Waals surface area contributed by atoms with Crippen molar-refractivity contribution in [3.8, 4) is 0 Å².